The zero-order chi connectivity index (χ0) is 47.3. The Balaban J connectivity index is 1.25. The molecule has 1 aliphatic heterocycles. The van der Waals surface area contributed by atoms with Gasteiger partial charge in [0.25, 0.3) is 0 Å². The molecule has 0 bridgehead atoms. The fraction of sp³-hybridized carbons (Fsp3) is 0.509. The van der Waals surface area contributed by atoms with E-state index >= 15 is 0 Å². The highest BCUT2D eigenvalue weighted by Gasteiger charge is 2.19. The average Bonchev–Trinajstić information content (AvgIpc) is 3.35. The van der Waals surface area contributed by atoms with Crippen molar-refractivity contribution in [1.29, 1.82) is 0 Å². The number of carbonyl (C=O) groups is 1. The first-order chi connectivity index (χ1) is 32.9. The molecule has 0 N–H and O–H groups in total. The van der Waals surface area contributed by atoms with Crippen LogP contribution < -0.4 is 28.4 Å². The molecule has 0 atom stereocenters. The van der Waals surface area contributed by atoms with Gasteiger partial charge in [0.2, 0.25) is 5.75 Å². The Morgan fingerprint density at radius 1 is 0.537 bits per heavy atom. The first kappa shape index (κ1) is 52.5. The molecule has 12 nitrogen and oxygen atoms in total. The molecule has 0 fully saturated rings. The zero-order valence-corrected chi connectivity index (χ0v) is 40.7. The Hall–Kier alpha value is -5.43. The molecule has 0 unspecified atom stereocenters. The summed E-state index contributed by atoms with van der Waals surface area (Å²) in [6.07, 6.45) is 17.7. The monoisotopic (exact) mass is 923 g/mol. The lowest BCUT2D eigenvalue weighted by atomic mass is 10.1. The molecule has 0 amide bonds. The second kappa shape index (κ2) is 30.8. The number of azo groups is 1. The molecule has 4 aromatic rings. The van der Waals surface area contributed by atoms with Crippen LogP contribution in [0.2, 0.25) is 0 Å². The lowest BCUT2D eigenvalue weighted by molar-refractivity contribution is 0.00708. The van der Waals surface area contributed by atoms with Gasteiger partial charge < -0.3 is 42.6 Å². The van der Waals surface area contributed by atoms with Crippen LogP contribution in [0.3, 0.4) is 0 Å². The van der Waals surface area contributed by atoms with Crippen LogP contribution in [-0.2, 0) is 14.2 Å². The van der Waals surface area contributed by atoms with Gasteiger partial charge in [-0.1, -0.05) is 103 Å². The molecule has 1 aliphatic rings. The van der Waals surface area contributed by atoms with Crippen molar-refractivity contribution in [3.05, 3.63) is 94.5 Å². The van der Waals surface area contributed by atoms with Gasteiger partial charge in [-0.3, -0.25) is 0 Å². The van der Waals surface area contributed by atoms with E-state index in [-0.39, 0.29) is 6.61 Å². The second-order valence-corrected chi connectivity index (χ2v) is 16.6. The van der Waals surface area contributed by atoms with Crippen molar-refractivity contribution in [3.8, 4) is 34.5 Å². The smallest absolute Gasteiger partial charge is 0.343 e. The van der Waals surface area contributed by atoms with Crippen LogP contribution in [0, 0.1) is 13.8 Å². The molecule has 0 aliphatic carbocycles. The highest BCUT2D eigenvalue weighted by molar-refractivity contribution is 5.92. The Labute approximate surface area is 399 Å². The van der Waals surface area contributed by atoms with Gasteiger partial charge in [0.1, 0.15) is 19.0 Å². The predicted octanol–water partition coefficient (Wildman–Crippen LogP) is 13.8. The Kier molecular flexibility index (Phi) is 24.1. The van der Waals surface area contributed by atoms with E-state index in [9.17, 15) is 4.79 Å². The Morgan fingerprint density at radius 2 is 1.10 bits per heavy atom. The zero-order valence-electron chi connectivity index (χ0n) is 40.7. The topological polar surface area (TPSA) is 125 Å². The van der Waals surface area contributed by atoms with Gasteiger partial charge in [0.15, 0.2) is 23.0 Å². The quantitative estimate of drug-likeness (QED) is 0.0220. The van der Waals surface area contributed by atoms with Crippen LogP contribution in [-0.4, -0.2) is 78.6 Å². The van der Waals surface area contributed by atoms with E-state index in [0.717, 1.165) is 72.3 Å². The van der Waals surface area contributed by atoms with Crippen molar-refractivity contribution in [2.75, 3.05) is 72.7 Å². The number of carbonyl (C=O) groups excluding carboxylic acids is 1. The number of unbranched alkanes of at least 4 members (excludes halogenated alkanes) is 9. The number of hydrogen-bond acceptors (Lipinski definition) is 12. The first-order valence-electron chi connectivity index (χ1n) is 24.6. The lowest BCUT2D eigenvalue weighted by Gasteiger charge is -2.19. The number of esters is 1. The van der Waals surface area contributed by atoms with Gasteiger partial charge in [-0.2, -0.15) is 10.2 Å². The van der Waals surface area contributed by atoms with Crippen molar-refractivity contribution >= 4 is 29.5 Å². The van der Waals surface area contributed by atoms with E-state index in [1.165, 1.54) is 38.5 Å². The number of fused-ring (bicyclic) bond motifs is 1. The summed E-state index contributed by atoms with van der Waals surface area (Å²) in [4.78, 5) is 13.4. The number of benzene rings is 4. The van der Waals surface area contributed by atoms with E-state index in [0.29, 0.717) is 106 Å². The summed E-state index contributed by atoms with van der Waals surface area (Å²) in [5.41, 5.74) is 5.27. The highest BCUT2D eigenvalue weighted by atomic mass is 16.6. The molecule has 364 valence electrons. The molecular formula is C55H74N2O10. The molecule has 12 heteroatoms. The molecule has 5 rings (SSSR count). The minimum absolute atomic E-state index is 0.276. The highest BCUT2D eigenvalue weighted by Crippen LogP contribution is 2.42. The minimum atomic E-state index is -0.526. The lowest BCUT2D eigenvalue weighted by Crippen LogP contribution is -2.13. The van der Waals surface area contributed by atoms with Crippen LogP contribution in [0.25, 0.3) is 12.2 Å². The van der Waals surface area contributed by atoms with Gasteiger partial charge in [0, 0.05) is 5.56 Å². The van der Waals surface area contributed by atoms with E-state index in [1.807, 2.05) is 44.2 Å². The number of rotatable bonds is 24. The summed E-state index contributed by atoms with van der Waals surface area (Å²) < 4.78 is 53.8. The fourth-order valence-corrected chi connectivity index (χ4v) is 7.15. The van der Waals surface area contributed by atoms with Crippen molar-refractivity contribution in [3.63, 3.8) is 0 Å². The van der Waals surface area contributed by atoms with Crippen molar-refractivity contribution in [2.45, 2.75) is 112 Å². The third-order valence-corrected chi connectivity index (χ3v) is 11.3. The summed E-state index contributed by atoms with van der Waals surface area (Å²) in [6, 6.07) is 20.5. The van der Waals surface area contributed by atoms with E-state index in [1.54, 1.807) is 30.3 Å². The minimum Gasteiger partial charge on any atom is -0.490 e. The van der Waals surface area contributed by atoms with Gasteiger partial charge in [0.05, 0.1) is 76.4 Å². The second-order valence-electron chi connectivity index (χ2n) is 16.6. The molecule has 0 radical (unpaired) electrons. The standard InChI is InChI=1S/C55H74N2O10/c1-6-9-12-15-30-62-51-28-22-45(53(65-31-16-13-10-7-2)54(51)66-32-17-14-11-8-3)21-18-44-19-24-47(25-20-44)56-57-48-26-29-49(43(5)42(48)4)67-55(58)46-23-27-50-52(41-46)64-40-38-61-36-34-59-33-35-60-37-39-63-50/h18-29,41H,6-17,30-40H2,1-5H3/b21-18+,57-56?. The molecular weight excluding hydrogens is 849 g/mol. The van der Waals surface area contributed by atoms with Crippen LogP contribution in [0.15, 0.2) is 77.0 Å². The summed E-state index contributed by atoms with van der Waals surface area (Å²) in [5.74, 6) is 3.00. The molecule has 0 saturated heterocycles. The van der Waals surface area contributed by atoms with E-state index < -0.39 is 5.97 Å². The fourth-order valence-electron chi connectivity index (χ4n) is 7.15. The molecule has 4 aromatic carbocycles. The van der Waals surface area contributed by atoms with Gasteiger partial charge in [-0.25, -0.2) is 4.79 Å². The van der Waals surface area contributed by atoms with Gasteiger partial charge >= 0.3 is 5.97 Å². The third-order valence-electron chi connectivity index (χ3n) is 11.3. The molecule has 0 spiro atoms. The first-order valence-corrected chi connectivity index (χ1v) is 24.6. The predicted molar refractivity (Wildman–Crippen MR) is 266 cm³/mol. The third kappa shape index (κ3) is 18.3. The Morgan fingerprint density at radius 3 is 1.73 bits per heavy atom. The molecule has 0 saturated carbocycles. The summed E-state index contributed by atoms with van der Waals surface area (Å²) >= 11 is 0. The largest absolute Gasteiger partial charge is 0.490 e. The van der Waals surface area contributed by atoms with Crippen molar-refractivity contribution in [2.24, 2.45) is 10.2 Å². The van der Waals surface area contributed by atoms with Crippen molar-refractivity contribution in [1.82, 2.24) is 0 Å². The molecule has 67 heavy (non-hydrogen) atoms. The summed E-state index contributed by atoms with van der Waals surface area (Å²) in [6.45, 7) is 15.6. The maximum absolute atomic E-state index is 13.4. The van der Waals surface area contributed by atoms with Crippen LogP contribution >= 0.6 is 0 Å². The van der Waals surface area contributed by atoms with Crippen LogP contribution in [0.4, 0.5) is 11.4 Å². The molecule has 0 aromatic heterocycles. The van der Waals surface area contributed by atoms with Crippen molar-refractivity contribution < 1.29 is 47.4 Å². The van der Waals surface area contributed by atoms with Gasteiger partial charge in [-0.05, 0) is 104 Å². The normalized spacial score (nSPS) is 13.9. The SMILES string of the molecule is CCCCCCOc1ccc(/C=C/c2ccc(N=Nc3ccc(OC(=O)c4ccc5c(c4)OCCOCCOCCOCCO5)c(C)c3C)cc2)c(OCCCCCC)c1OCCCCCC. The van der Waals surface area contributed by atoms with Crippen LogP contribution in [0.5, 0.6) is 34.5 Å². The maximum atomic E-state index is 13.4. The number of hydrogen-bond donors (Lipinski definition) is 0. The van der Waals surface area contributed by atoms with Crippen LogP contribution in [0.1, 0.15) is 130 Å². The number of nitrogens with zero attached hydrogens (tertiary/aromatic N) is 2. The maximum Gasteiger partial charge on any atom is 0.343 e. The summed E-state index contributed by atoms with van der Waals surface area (Å²) in [7, 11) is 0. The average molecular weight is 923 g/mol. The Bertz CT molecular complexity index is 2120. The summed E-state index contributed by atoms with van der Waals surface area (Å²) in [5, 5.41) is 9.11. The molecule has 1 heterocycles. The van der Waals surface area contributed by atoms with Gasteiger partial charge in [-0.15, -0.1) is 0 Å². The van der Waals surface area contributed by atoms with E-state index in [2.05, 4.69) is 49.2 Å². The number of ether oxygens (including phenoxy) is 9. The van der Waals surface area contributed by atoms with E-state index in [4.69, 9.17) is 42.6 Å².